The number of nitrogens with zero attached hydrogens (tertiary/aromatic N) is 1. The van der Waals surface area contributed by atoms with Gasteiger partial charge in [-0.1, -0.05) is 0 Å². The van der Waals surface area contributed by atoms with Gasteiger partial charge in [0.05, 0.1) is 17.3 Å². The lowest BCUT2D eigenvalue weighted by Gasteiger charge is -2.15. The molecule has 17 heavy (non-hydrogen) atoms. The third-order valence-corrected chi connectivity index (χ3v) is 4.55. The van der Waals surface area contributed by atoms with Crippen LogP contribution >= 0.6 is 15.9 Å². The number of ether oxygens (including phenoxy) is 1. The second-order valence-corrected chi connectivity index (χ2v) is 6.18. The number of carbonyl (C=O) groups excluding carboxylic acids is 1. The minimum Gasteiger partial charge on any atom is -0.488 e. The standard InChI is InChI=1S/C10H8BrNO4S/c1-16-9-3-2-7(6-8(9)11)12-10(13)4-5-17(12,14)15/h6H,4-5H2,1H3. The van der Waals surface area contributed by atoms with E-state index in [1.165, 1.54) is 13.2 Å². The van der Waals surface area contributed by atoms with Crippen LogP contribution in [0.1, 0.15) is 6.42 Å². The molecule has 0 aromatic heterocycles. The second kappa shape index (κ2) is 4.20. The Labute approximate surface area is 107 Å². The molecule has 0 atom stereocenters. The van der Waals surface area contributed by atoms with Crippen molar-refractivity contribution < 1.29 is 17.9 Å². The fourth-order valence-corrected chi connectivity index (χ4v) is 3.40. The molecule has 1 fully saturated rings. The molecule has 0 spiro atoms. The molecule has 0 unspecified atom stereocenters. The molecule has 0 radical (unpaired) electrons. The number of allylic oxidation sites excluding steroid dienone is 2. The molecular formula is C10H8BrNO4S. The topological polar surface area (TPSA) is 63.7 Å². The monoisotopic (exact) mass is 317 g/mol. The lowest BCUT2D eigenvalue weighted by Crippen LogP contribution is -2.28. The number of hydrogen-bond donors (Lipinski definition) is 0. The highest BCUT2D eigenvalue weighted by Crippen LogP contribution is 2.27. The zero-order valence-electron chi connectivity index (χ0n) is 8.86. The highest BCUT2D eigenvalue weighted by atomic mass is 79.9. The van der Waals surface area contributed by atoms with Gasteiger partial charge >= 0.3 is 0 Å². The minimum atomic E-state index is -3.55. The smallest absolute Gasteiger partial charge is 0.242 e. The van der Waals surface area contributed by atoms with Crippen molar-refractivity contribution in [2.75, 3.05) is 12.9 Å². The molecule has 5 nitrogen and oxygen atoms in total. The maximum absolute atomic E-state index is 11.7. The first-order valence-electron chi connectivity index (χ1n) is 4.69. The van der Waals surface area contributed by atoms with Crippen LogP contribution in [0.2, 0.25) is 0 Å². The lowest BCUT2D eigenvalue weighted by atomic mass is 10.3. The summed E-state index contributed by atoms with van der Waals surface area (Å²) in [6.45, 7) is 0. The van der Waals surface area contributed by atoms with Gasteiger partial charge in [-0.15, -0.1) is 0 Å². The molecule has 7 heteroatoms. The number of sulfonamides is 1. The summed E-state index contributed by atoms with van der Waals surface area (Å²) in [5, 5.41) is 0. The van der Waals surface area contributed by atoms with Crippen molar-refractivity contribution >= 4 is 31.9 Å². The molecule has 2 rings (SSSR count). The summed E-state index contributed by atoms with van der Waals surface area (Å²) in [5.74, 6) is -0.215. The fraction of sp³-hybridized carbons (Fsp3) is 0.300. The van der Waals surface area contributed by atoms with Crippen LogP contribution in [-0.4, -0.2) is 31.5 Å². The van der Waals surface area contributed by atoms with Crippen molar-refractivity contribution in [2.24, 2.45) is 0 Å². The third-order valence-electron chi connectivity index (χ3n) is 2.29. The summed E-state index contributed by atoms with van der Waals surface area (Å²) in [6, 6.07) is 0. The van der Waals surface area contributed by atoms with Gasteiger partial charge in [0.1, 0.15) is 5.70 Å². The normalized spacial score (nSPS) is 22.1. The van der Waals surface area contributed by atoms with Gasteiger partial charge in [-0.25, -0.2) is 8.42 Å². The number of rotatable bonds is 2. The van der Waals surface area contributed by atoms with Gasteiger partial charge in [0.2, 0.25) is 15.9 Å². The molecule has 0 aromatic rings. The van der Waals surface area contributed by atoms with E-state index in [0.717, 1.165) is 4.31 Å². The van der Waals surface area contributed by atoms with E-state index < -0.39 is 15.9 Å². The Balaban J connectivity index is 2.55. The van der Waals surface area contributed by atoms with Crippen LogP contribution in [-0.2, 0) is 19.6 Å². The van der Waals surface area contributed by atoms with Gasteiger partial charge in [-0.2, -0.15) is 4.31 Å². The summed E-state index contributed by atoms with van der Waals surface area (Å²) >= 11 is 3.20. The Hall–Kier alpha value is -1.26. The summed E-state index contributed by atoms with van der Waals surface area (Å²) < 4.78 is 29.6. The maximum Gasteiger partial charge on any atom is 0.242 e. The zero-order valence-corrected chi connectivity index (χ0v) is 11.3. The van der Waals surface area contributed by atoms with Crippen molar-refractivity contribution in [1.82, 2.24) is 4.31 Å². The van der Waals surface area contributed by atoms with Crippen molar-refractivity contribution in [3.8, 4) is 0 Å². The van der Waals surface area contributed by atoms with Crippen LogP contribution in [0.4, 0.5) is 0 Å². The molecule has 1 heterocycles. The second-order valence-electron chi connectivity index (χ2n) is 3.38. The fourth-order valence-electron chi connectivity index (χ4n) is 1.51. The Kier molecular flexibility index (Phi) is 3.02. The lowest BCUT2D eigenvalue weighted by molar-refractivity contribution is -0.123. The zero-order chi connectivity index (χ0) is 12.6. The SMILES string of the molecule is COC1=C=C=C(N2C(=O)CCS2(=O)=O)C=C1Br. The Morgan fingerprint density at radius 3 is 2.65 bits per heavy atom. The molecule has 1 aliphatic heterocycles. The van der Waals surface area contributed by atoms with Crippen LogP contribution in [0, 0.1) is 0 Å². The molecule has 0 aromatic carbocycles. The molecule has 0 saturated carbocycles. The Bertz CT molecular complexity index is 619. The van der Waals surface area contributed by atoms with Gasteiger partial charge in [0.15, 0.2) is 5.76 Å². The molecule has 0 N–H and O–H groups in total. The highest BCUT2D eigenvalue weighted by molar-refractivity contribution is 9.12. The number of methoxy groups -OCH3 is 1. The molecule has 90 valence electrons. The Morgan fingerprint density at radius 2 is 2.18 bits per heavy atom. The summed E-state index contributed by atoms with van der Waals surface area (Å²) in [5.41, 5.74) is 5.39. The molecule has 2 aliphatic rings. The van der Waals surface area contributed by atoms with Crippen LogP contribution in [0.15, 0.2) is 33.5 Å². The number of halogens is 1. The van der Waals surface area contributed by atoms with Crippen LogP contribution in [0.3, 0.4) is 0 Å². The number of amides is 1. The quantitative estimate of drug-likeness (QED) is 0.713. The summed E-state index contributed by atoms with van der Waals surface area (Å²) in [7, 11) is -2.09. The summed E-state index contributed by atoms with van der Waals surface area (Å²) in [6.07, 6.45) is 1.47. The van der Waals surface area contributed by atoms with Crippen molar-refractivity contribution in [2.45, 2.75) is 6.42 Å². The van der Waals surface area contributed by atoms with Gasteiger partial charge in [0.25, 0.3) is 0 Å². The number of hydrogen-bond acceptors (Lipinski definition) is 4. The van der Waals surface area contributed by atoms with Crippen LogP contribution < -0.4 is 0 Å². The minimum absolute atomic E-state index is 0.000177. The van der Waals surface area contributed by atoms with Crippen molar-refractivity contribution in [3.05, 3.63) is 33.5 Å². The first kappa shape index (κ1) is 12.2. The van der Waals surface area contributed by atoms with Gasteiger partial charge in [0, 0.05) is 6.42 Å². The first-order chi connectivity index (χ1) is 7.95. The maximum atomic E-state index is 11.7. The number of carbonyl (C=O) groups is 1. The van der Waals surface area contributed by atoms with E-state index in [4.69, 9.17) is 4.74 Å². The average molecular weight is 318 g/mol. The van der Waals surface area contributed by atoms with E-state index in [0.29, 0.717) is 10.2 Å². The van der Waals surface area contributed by atoms with E-state index in [2.05, 4.69) is 27.4 Å². The van der Waals surface area contributed by atoms with Crippen molar-refractivity contribution in [3.63, 3.8) is 0 Å². The van der Waals surface area contributed by atoms with Gasteiger partial charge in [-0.3, -0.25) is 4.79 Å². The Morgan fingerprint density at radius 1 is 1.47 bits per heavy atom. The van der Waals surface area contributed by atoms with Gasteiger partial charge < -0.3 is 4.74 Å². The predicted molar refractivity (Wildman–Crippen MR) is 63.3 cm³/mol. The van der Waals surface area contributed by atoms with Gasteiger partial charge in [-0.05, 0) is 33.5 Å². The van der Waals surface area contributed by atoms with Crippen LogP contribution in [0.5, 0.6) is 0 Å². The van der Waals surface area contributed by atoms with E-state index in [1.807, 2.05) is 0 Å². The molecule has 1 amide bonds. The van der Waals surface area contributed by atoms with Crippen LogP contribution in [0.25, 0.3) is 0 Å². The predicted octanol–water partition coefficient (Wildman–Crippen LogP) is 1.01. The van der Waals surface area contributed by atoms with E-state index in [-0.39, 0.29) is 17.9 Å². The average Bonchev–Trinajstić information content (AvgIpc) is 2.53. The largest absolute Gasteiger partial charge is 0.488 e. The molecule has 1 aliphatic carbocycles. The molecule has 0 bridgehead atoms. The van der Waals surface area contributed by atoms with E-state index in [9.17, 15) is 13.2 Å². The summed E-state index contributed by atoms with van der Waals surface area (Å²) in [4.78, 5) is 11.5. The molecule has 1 saturated heterocycles. The van der Waals surface area contributed by atoms with Crippen molar-refractivity contribution in [1.29, 1.82) is 0 Å². The first-order valence-corrected chi connectivity index (χ1v) is 7.09. The highest BCUT2D eigenvalue weighted by Gasteiger charge is 2.37. The van der Waals surface area contributed by atoms with E-state index in [1.54, 1.807) is 0 Å². The third kappa shape index (κ3) is 2.10. The molecular weight excluding hydrogens is 310 g/mol. The van der Waals surface area contributed by atoms with E-state index >= 15 is 0 Å².